The molecular formula is C19H31NO2S. The highest BCUT2D eigenvalue weighted by molar-refractivity contribution is 7.99. The molecule has 1 aromatic rings. The summed E-state index contributed by atoms with van der Waals surface area (Å²) in [6, 6.07) is 10.0. The maximum absolute atomic E-state index is 12.6. The van der Waals surface area contributed by atoms with E-state index in [1.807, 2.05) is 51.1 Å². The van der Waals surface area contributed by atoms with Gasteiger partial charge in [0.25, 0.3) is 0 Å². The lowest BCUT2D eigenvalue weighted by Crippen LogP contribution is -2.47. The summed E-state index contributed by atoms with van der Waals surface area (Å²) in [6.45, 7) is 8.04. The second-order valence-electron chi connectivity index (χ2n) is 7.03. The van der Waals surface area contributed by atoms with Crippen LogP contribution in [0, 0.1) is 5.92 Å². The molecule has 1 aromatic carbocycles. The van der Waals surface area contributed by atoms with E-state index in [1.165, 1.54) is 0 Å². The Hall–Kier alpha value is -1.00. The van der Waals surface area contributed by atoms with Crippen molar-refractivity contribution in [2.45, 2.75) is 69.9 Å². The molecule has 0 heterocycles. The molecule has 2 N–H and O–H groups in total. The Morgan fingerprint density at radius 2 is 1.87 bits per heavy atom. The van der Waals surface area contributed by atoms with E-state index >= 15 is 0 Å². The first-order valence-electron chi connectivity index (χ1n) is 8.51. The second-order valence-corrected chi connectivity index (χ2v) is 8.13. The molecule has 1 amide bonds. The summed E-state index contributed by atoms with van der Waals surface area (Å²) < 4.78 is 0. The molecule has 130 valence electrons. The number of amides is 1. The van der Waals surface area contributed by atoms with Crippen molar-refractivity contribution in [3.63, 3.8) is 0 Å². The highest BCUT2D eigenvalue weighted by atomic mass is 32.2. The van der Waals surface area contributed by atoms with Crippen LogP contribution in [0.15, 0.2) is 35.2 Å². The summed E-state index contributed by atoms with van der Waals surface area (Å²) in [5.41, 5.74) is -0.282. The quantitative estimate of drug-likeness (QED) is 0.523. The van der Waals surface area contributed by atoms with Gasteiger partial charge in [-0.25, -0.2) is 0 Å². The molecule has 2 atom stereocenters. The van der Waals surface area contributed by atoms with Gasteiger partial charge in [-0.15, -0.1) is 11.8 Å². The molecule has 0 saturated heterocycles. The van der Waals surface area contributed by atoms with E-state index in [1.54, 1.807) is 11.8 Å². The van der Waals surface area contributed by atoms with Gasteiger partial charge in [0.05, 0.1) is 12.0 Å². The smallest absolute Gasteiger partial charge is 0.226 e. The van der Waals surface area contributed by atoms with E-state index in [0.717, 1.165) is 24.2 Å². The number of aliphatic hydroxyl groups is 1. The van der Waals surface area contributed by atoms with Gasteiger partial charge in [-0.05, 0) is 39.3 Å². The Kier molecular flexibility index (Phi) is 8.71. The predicted octanol–water partition coefficient (Wildman–Crippen LogP) is 4.25. The molecule has 23 heavy (non-hydrogen) atoms. The molecule has 0 aliphatic heterocycles. The van der Waals surface area contributed by atoms with E-state index in [-0.39, 0.29) is 17.4 Å². The third-order valence-electron chi connectivity index (χ3n) is 3.58. The second kappa shape index (κ2) is 9.99. The van der Waals surface area contributed by atoms with Gasteiger partial charge < -0.3 is 10.4 Å². The lowest BCUT2D eigenvalue weighted by atomic mass is 9.96. The topological polar surface area (TPSA) is 49.3 Å². The number of unbranched alkanes of at least 4 members (excludes halogenated alkanes) is 2. The number of carbonyl (C=O) groups excluding carboxylic acids is 1. The van der Waals surface area contributed by atoms with Gasteiger partial charge in [0.15, 0.2) is 0 Å². The number of benzene rings is 1. The number of hydrogen-bond acceptors (Lipinski definition) is 3. The fourth-order valence-electron chi connectivity index (χ4n) is 2.33. The average Bonchev–Trinajstić information content (AvgIpc) is 2.47. The summed E-state index contributed by atoms with van der Waals surface area (Å²) in [5.74, 6) is 0.167. The number of aliphatic hydroxyl groups excluding tert-OH is 1. The zero-order valence-corrected chi connectivity index (χ0v) is 15.7. The van der Waals surface area contributed by atoms with Gasteiger partial charge in [-0.3, -0.25) is 4.79 Å². The van der Waals surface area contributed by atoms with Crippen molar-refractivity contribution in [3.05, 3.63) is 30.3 Å². The molecule has 1 rings (SSSR count). The van der Waals surface area contributed by atoms with E-state index in [9.17, 15) is 9.90 Å². The lowest BCUT2D eigenvalue weighted by Gasteiger charge is -2.27. The van der Waals surface area contributed by atoms with Gasteiger partial charge >= 0.3 is 0 Å². The largest absolute Gasteiger partial charge is 0.392 e. The zero-order chi connectivity index (χ0) is 17.3. The number of nitrogens with one attached hydrogen (secondary N) is 1. The minimum atomic E-state index is -0.583. The van der Waals surface area contributed by atoms with Crippen LogP contribution in [0.5, 0.6) is 0 Å². The number of rotatable bonds is 9. The van der Waals surface area contributed by atoms with Crippen molar-refractivity contribution in [2.75, 3.05) is 5.75 Å². The standard InChI is InChI=1S/C19H31NO2S/c1-5-6-8-13-17(21)16(18(22)20-19(2,3)4)14-23-15-11-9-7-10-12-15/h7,9-12,16-17,21H,5-6,8,13-14H2,1-4H3,(H,20,22)/t16-,17+/m1/s1. The fraction of sp³-hybridized carbons (Fsp3) is 0.632. The summed E-state index contributed by atoms with van der Waals surface area (Å²) in [4.78, 5) is 13.7. The van der Waals surface area contributed by atoms with Gasteiger partial charge in [-0.1, -0.05) is 44.4 Å². The lowest BCUT2D eigenvalue weighted by molar-refractivity contribution is -0.129. The summed E-state index contributed by atoms with van der Waals surface area (Å²) in [7, 11) is 0. The third kappa shape index (κ3) is 8.42. The van der Waals surface area contributed by atoms with Crippen LogP contribution in [-0.2, 0) is 4.79 Å². The Labute approximate surface area is 145 Å². The molecule has 4 heteroatoms. The fourth-order valence-corrected chi connectivity index (χ4v) is 3.43. The van der Waals surface area contributed by atoms with Crippen molar-refractivity contribution in [3.8, 4) is 0 Å². The molecule has 0 aromatic heterocycles. The monoisotopic (exact) mass is 337 g/mol. The third-order valence-corrected chi connectivity index (χ3v) is 4.71. The Balaban J connectivity index is 2.68. The molecule has 0 unspecified atom stereocenters. The Bertz CT molecular complexity index is 456. The van der Waals surface area contributed by atoms with Gasteiger partial charge in [-0.2, -0.15) is 0 Å². The molecule has 0 fully saturated rings. The van der Waals surface area contributed by atoms with Crippen LogP contribution >= 0.6 is 11.8 Å². The van der Waals surface area contributed by atoms with Crippen LogP contribution in [0.25, 0.3) is 0 Å². The molecule has 0 saturated carbocycles. The maximum Gasteiger partial charge on any atom is 0.226 e. The summed E-state index contributed by atoms with van der Waals surface area (Å²) >= 11 is 1.63. The summed E-state index contributed by atoms with van der Waals surface area (Å²) in [5, 5.41) is 13.5. The van der Waals surface area contributed by atoms with Crippen LogP contribution in [0.2, 0.25) is 0 Å². The molecule has 0 aliphatic rings. The highest BCUT2D eigenvalue weighted by Crippen LogP contribution is 2.24. The van der Waals surface area contributed by atoms with Crippen molar-refractivity contribution in [2.24, 2.45) is 5.92 Å². The number of hydrogen-bond donors (Lipinski definition) is 2. The minimum Gasteiger partial charge on any atom is -0.392 e. The van der Waals surface area contributed by atoms with Crippen molar-refractivity contribution >= 4 is 17.7 Å². The van der Waals surface area contributed by atoms with E-state index < -0.39 is 6.10 Å². The van der Waals surface area contributed by atoms with E-state index in [0.29, 0.717) is 12.2 Å². The Morgan fingerprint density at radius 3 is 2.43 bits per heavy atom. The maximum atomic E-state index is 12.6. The molecule has 0 radical (unpaired) electrons. The van der Waals surface area contributed by atoms with Crippen LogP contribution in [0.4, 0.5) is 0 Å². The van der Waals surface area contributed by atoms with Crippen molar-refractivity contribution < 1.29 is 9.90 Å². The normalized spacial score (nSPS) is 14.3. The highest BCUT2D eigenvalue weighted by Gasteiger charge is 2.29. The van der Waals surface area contributed by atoms with Crippen molar-refractivity contribution in [1.29, 1.82) is 0 Å². The molecule has 0 spiro atoms. The van der Waals surface area contributed by atoms with Crippen LogP contribution in [0.3, 0.4) is 0 Å². The van der Waals surface area contributed by atoms with E-state index in [2.05, 4.69) is 12.2 Å². The molecule has 0 bridgehead atoms. The van der Waals surface area contributed by atoms with Crippen LogP contribution in [-0.4, -0.2) is 28.4 Å². The first-order valence-corrected chi connectivity index (χ1v) is 9.50. The van der Waals surface area contributed by atoms with Gasteiger partial charge in [0.1, 0.15) is 0 Å². The first kappa shape index (κ1) is 20.0. The van der Waals surface area contributed by atoms with Crippen molar-refractivity contribution in [1.82, 2.24) is 5.32 Å². The average molecular weight is 338 g/mol. The molecular weight excluding hydrogens is 306 g/mol. The van der Waals surface area contributed by atoms with Crippen LogP contribution in [0.1, 0.15) is 53.4 Å². The molecule has 0 aliphatic carbocycles. The van der Waals surface area contributed by atoms with E-state index in [4.69, 9.17) is 0 Å². The number of thioether (sulfide) groups is 1. The summed E-state index contributed by atoms with van der Waals surface area (Å²) in [6.07, 6.45) is 3.28. The SMILES string of the molecule is CCCCC[C@H](O)[C@@H](CSc1ccccc1)C(=O)NC(C)(C)C. The zero-order valence-electron chi connectivity index (χ0n) is 14.8. The predicted molar refractivity (Wildman–Crippen MR) is 98.7 cm³/mol. The van der Waals surface area contributed by atoms with Gasteiger partial charge in [0.2, 0.25) is 5.91 Å². The molecule has 3 nitrogen and oxygen atoms in total. The first-order chi connectivity index (χ1) is 10.8. The Morgan fingerprint density at radius 1 is 1.22 bits per heavy atom. The number of carbonyl (C=O) groups is 1. The minimum absolute atomic E-state index is 0.0510. The van der Waals surface area contributed by atoms with Crippen LogP contribution < -0.4 is 5.32 Å². The van der Waals surface area contributed by atoms with Gasteiger partial charge in [0, 0.05) is 16.2 Å².